The Morgan fingerprint density at radius 1 is 1.00 bits per heavy atom. The molecule has 1 atom stereocenters. The fourth-order valence-electron chi connectivity index (χ4n) is 3.41. The van der Waals surface area contributed by atoms with Crippen LogP contribution in [0.1, 0.15) is 15.9 Å². The van der Waals surface area contributed by atoms with Crippen molar-refractivity contribution in [3.8, 4) is 0 Å². The van der Waals surface area contributed by atoms with Crippen LogP contribution in [-0.4, -0.2) is 32.1 Å². The van der Waals surface area contributed by atoms with Crippen molar-refractivity contribution in [1.29, 1.82) is 0 Å². The first-order valence-corrected chi connectivity index (χ1v) is 9.66. The number of rotatable bonds is 1. The minimum Gasteiger partial charge on any atom is -0.344 e. The average Bonchev–Trinajstić information content (AvgIpc) is 2.45. The highest BCUT2D eigenvalue weighted by atomic mass is 28.3. The molecule has 3 heteroatoms. The number of benzene rings is 2. The van der Waals surface area contributed by atoms with E-state index in [0.29, 0.717) is 0 Å². The van der Waals surface area contributed by atoms with Gasteiger partial charge in [-0.3, -0.25) is 4.79 Å². The lowest BCUT2D eigenvalue weighted by atomic mass is 10.2. The number of fused-ring (bicyclic) bond motifs is 1. The first-order valence-electron chi connectivity index (χ1n) is 6.95. The summed E-state index contributed by atoms with van der Waals surface area (Å²) in [6.45, 7) is 4.55. The van der Waals surface area contributed by atoms with Gasteiger partial charge in [0, 0.05) is 18.8 Å². The molecular formula is C17H19NOSi. The number of aryl methyl sites for hydroxylation is 1. The number of hydrogen-bond donors (Lipinski definition) is 0. The second kappa shape index (κ2) is 4.60. The molecule has 2 aromatic carbocycles. The molecule has 0 saturated carbocycles. The molecule has 1 aliphatic heterocycles. The van der Waals surface area contributed by atoms with Crippen molar-refractivity contribution in [2.45, 2.75) is 13.5 Å². The molecule has 0 bridgehead atoms. The molecule has 0 N–H and O–H groups in total. The Morgan fingerprint density at radius 2 is 1.60 bits per heavy atom. The van der Waals surface area contributed by atoms with Gasteiger partial charge in [0.25, 0.3) is 5.91 Å². The molecule has 20 heavy (non-hydrogen) atoms. The molecule has 2 aromatic rings. The zero-order chi connectivity index (χ0) is 14.3. The van der Waals surface area contributed by atoms with E-state index in [2.05, 4.69) is 49.9 Å². The van der Waals surface area contributed by atoms with Gasteiger partial charge >= 0.3 is 0 Å². The van der Waals surface area contributed by atoms with Crippen molar-refractivity contribution < 1.29 is 4.79 Å². The molecule has 1 unspecified atom stereocenters. The van der Waals surface area contributed by atoms with Crippen molar-refractivity contribution in [1.82, 2.24) is 4.90 Å². The normalized spacial score (nSPS) is 21.8. The van der Waals surface area contributed by atoms with Gasteiger partial charge in [-0.1, -0.05) is 54.6 Å². The van der Waals surface area contributed by atoms with Crippen molar-refractivity contribution in [3.05, 3.63) is 59.7 Å². The maximum absolute atomic E-state index is 12.4. The minimum absolute atomic E-state index is 0.152. The van der Waals surface area contributed by atoms with E-state index in [1.807, 2.05) is 24.1 Å². The van der Waals surface area contributed by atoms with Crippen molar-refractivity contribution in [3.63, 3.8) is 0 Å². The fraction of sp³-hybridized carbons (Fsp3) is 0.235. The van der Waals surface area contributed by atoms with Gasteiger partial charge in [0.05, 0.1) is 0 Å². The molecular weight excluding hydrogens is 262 g/mol. The van der Waals surface area contributed by atoms with Crippen LogP contribution in [0.5, 0.6) is 0 Å². The fourth-order valence-corrected chi connectivity index (χ4v) is 7.80. The summed E-state index contributed by atoms with van der Waals surface area (Å²) in [5.74, 6) is 0.152. The quantitative estimate of drug-likeness (QED) is 0.730. The summed E-state index contributed by atoms with van der Waals surface area (Å²) in [6, 6.07) is 16.7. The molecule has 0 aromatic heterocycles. The largest absolute Gasteiger partial charge is 0.344 e. The van der Waals surface area contributed by atoms with Crippen LogP contribution in [0.4, 0.5) is 0 Å². The lowest BCUT2D eigenvalue weighted by Crippen LogP contribution is -2.68. The second-order valence-electron chi connectivity index (χ2n) is 5.85. The van der Waals surface area contributed by atoms with E-state index in [4.69, 9.17) is 0 Å². The molecule has 0 spiro atoms. The monoisotopic (exact) mass is 281 g/mol. The van der Waals surface area contributed by atoms with E-state index in [9.17, 15) is 4.79 Å². The average molecular weight is 281 g/mol. The van der Waals surface area contributed by atoms with Crippen molar-refractivity contribution in [2.24, 2.45) is 0 Å². The lowest BCUT2D eigenvalue weighted by Gasteiger charge is -2.39. The highest BCUT2D eigenvalue weighted by molar-refractivity contribution is 7.02. The maximum atomic E-state index is 12.4. The minimum atomic E-state index is -1.88. The second-order valence-corrected chi connectivity index (χ2v) is 9.91. The third kappa shape index (κ3) is 1.81. The Bertz CT molecular complexity index is 682. The maximum Gasteiger partial charge on any atom is 0.253 e. The molecule has 1 amide bonds. The number of nitrogens with zero attached hydrogens (tertiary/aromatic N) is 1. The Morgan fingerprint density at radius 3 is 2.30 bits per heavy atom. The van der Waals surface area contributed by atoms with E-state index >= 15 is 0 Å². The van der Waals surface area contributed by atoms with E-state index in [1.165, 1.54) is 15.9 Å². The molecule has 0 saturated heterocycles. The molecule has 1 heterocycles. The summed E-state index contributed by atoms with van der Waals surface area (Å²) >= 11 is 0. The first-order chi connectivity index (χ1) is 9.54. The van der Waals surface area contributed by atoms with E-state index in [-0.39, 0.29) is 5.91 Å². The van der Waals surface area contributed by atoms with Crippen LogP contribution < -0.4 is 10.4 Å². The van der Waals surface area contributed by atoms with Crippen LogP contribution in [0.2, 0.25) is 6.55 Å². The number of carbonyl (C=O) groups excluding carboxylic acids is 1. The highest BCUT2D eigenvalue weighted by Crippen LogP contribution is 2.18. The van der Waals surface area contributed by atoms with Crippen LogP contribution in [0, 0.1) is 6.92 Å². The molecule has 0 radical (unpaired) electrons. The van der Waals surface area contributed by atoms with Crippen LogP contribution in [-0.2, 0) is 0 Å². The Labute approximate surface area is 121 Å². The SMILES string of the molecule is Cc1ccccc1[Si]1(C)CN(C)C(=O)c2ccccc21. The summed E-state index contributed by atoms with van der Waals surface area (Å²) in [4.78, 5) is 14.3. The van der Waals surface area contributed by atoms with Gasteiger partial charge in [0.15, 0.2) is 0 Å². The standard InChI is InChI=1S/C17H19NOSi/c1-13-8-4-6-10-15(13)20(3)12-18(2)17(19)14-9-5-7-11-16(14)20/h4-11H,12H2,1-3H3. The number of hydrogen-bond acceptors (Lipinski definition) is 1. The zero-order valence-electron chi connectivity index (χ0n) is 12.2. The van der Waals surface area contributed by atoms with Crippen molar-refractivity contribution in [2.75, 3.05) is 13.2 Å². The molecule has 3 rings (SSSR count). The predicted octanol–water partition coefficient (Wildman–Crippen LogP) is 1.81. The summed E-state index contributed by atoms with van der Waals surface area (Å²) in [7, 11) is 0.0408. The number of carbonyl (C=O) groups is 1. The van der Waals surface area contributed by atoms with Gasteiger partial charge in [-0.2, -0.15) is 0 Å². The third-order valence-corrected chi connectivity index (χ3v) is 8.87. The highest BCUT2D eigenvalue weighted by Gasteiger charge is 2.42. The Hall–Kier alpha value is -1.87. The Kier molecular flexibility index (Phi) is 3.02. The zero-order valence-corrected chi connectivity index (χ0v) is 13.2. The lowest BCUT2D eigenvalue weighted by molar-refractivity contribution is 0.0812. The van der Waals surface area contributed by atoms with Crippen molar-refractivity contribution >= 4 is 24.4 Å². The molecule has 2 nitrogen and oxygen atoms in total. The van der Waals surface area contributed by atoms with E-state index in [1.54, 1.807) is 0 Å². The van der Waals surface area contributed by atoms with E-state index in [0.717, 1.165) is 11.7 Å². The summed E-state index contributed by atoms with van der Waals surface area (Å²) < 4.78 is 0. The molecule has 0 aliphatic carbocycles. The summed E-state index contributed by atoms with van der Waals surface area (Å²) in [5.41, 5.74) is 2.22. The van der Waals surface area contributed by atoms with Crippen LogP contribution in [0.3, 0.4) is 0 Å². The number of amides is 1. The predicted molar refractivity (Wildman–Crippen MR) is 85.5 cm³/mol. The Balaban J connectivity index is 2.27. The molecule has 1 aliphatic rings. The van der Waals surface area contributed by atoms with E-state index < -0.39 is 8.07 Å². The van der Waals surface area contributed by atoms with Crippen LogP contribution >= 0.6 is 0 Å². The third-order valence-electron chi connectivity index (χ3n) is 4.39. The molecule has 0 fully saturated rings. The van der Waals surface area contributed by atoms with Gasteiger partial charge in [-0.05, 0) is 23.4 Å². The van der Waals surface area contributed by atoms with Gasteiger partial charge in [0.2, 0.25) is 0 Å². The van der Waals surface area contributed by atoms with Gasteiger partial charge in [0.1, 0.15) is 8.07 Å². The van der Waals surface area contributed by atoms with Gasteiger partial charge in [-0.25, -0.2) is 0 Å². The summed E-state index contributed by atoms with van der Waals surface area (Å²) in [5, 5.41) is 2.71. The smallest absolute Gasteiger partial charge is 0.253 e. The van der Waals surface area contributed by atoms with Gasteiger partial charge in [-0.15, -0.1) is 0 Å². The molecule has 102 valence electrons. The van der Waals surface area contributed by atoms with Gasteiger partial charge < -0.3 is 4.90 Å². The first kappa shape index (κ1) is 13.1. The van der Waals surface area contributed by atoms with Crippen LogP contribution in [0.25, 0.3) is 0 Å². The van der Waals surface area contributed by atoms with Crippen LogP contribution in [0.15, 0.2) is 48.5 Å². The summed E-state index contributed by atoms with van der Waals surface area (Å²) in [6.07, 6.45) is 0.855. The topological polar surface area (TPSA) is 20.3 Å².